The van der Waals surface area contributed by atoms with Crippen molar-refractivity contribution in [3.63, 3.8) is 0 Å². The molecule has 0 bridgehead atoms. The summed E-state index contributed by atoms with van der Waals surface area (Å²) >= 11 is 1.79. The number of nitrogens with one attached hydrogen (secondary N) is 2. The number of morpholine rings is 1. The highest BCUT2D eigenvalue weighted by atomic mass is 32.1. The van der Waals surface area contributed by atoms with E-state index in [0.29, 0.717) is 13.2 Å². The Kier molecular flexibility index (Phi) is 7.09. The van der Waals surface area contributed by atoms with Gasteiger partial charge in [-0.05, 0) is 30.5 Å². The van der Waals surface area contributed by atoms with Crippen molar-refractivity contribution < 1.29 is 14.2 Å². The first-order chi connectivity index (χ1) is 14.7. The topological polar surface area (TPSA) is 67.4 Å². The van der Waals surface area contributed by atoms with Crippen LogP contribution in [0.4, 0.5) is 5.69 Å². The maximum atomic E-state index is 5.80. The molecule has 1 saturated heterocycles. The van der Waals surface area contributed by atoms with Crippen LogP contribution in [0, 0.1) is 0 Å². The van der Waals surface area contributed by atoms with Gasteiger partial charge in [-0.1, -0.05) is 6.07 Å². The minimum absolute atomic E-state index is 0.250. The molecule has 2 atom stereocenters. The summed E-state index contributed by atoms with van der Waals surface area (Å²) in [6.07, 6.45) is 1.14. The molecular formula is C22H30N4O3S. The number of benzene rings is 1. The largest absolute Gasteiger partial charge is 0.490 e. The molecule has 2 N–H and O–H groups in total. The van der Waals surface area contributed by atoms with Crippen molar-refractivity contribution in [2.45, 2.75) is 25.5 Å². The second kappa shape index (κ2) is 10.1. The molecule has 0 spiro atoms. The molecule has 8 heteroatoms. The quantitative estimate of drug-likeness (QED) is 0.560. The van der Waals surface area contributed by atoms with Crippen LogP contribution in [0.1, 0.15) is 24.3 Å². The number of guanidine groups is 1. The minimum Gasteiger partial charge on any atom is -0.490 e. The lowest BCUT2D eigenvalue weighted by molar-refractivity contribution is -0.0333. The van der Waals surface area contributed by atoms with E-state index in [1.54, 1.807) is 18.4 Å². The number of anilines is 1. The zero-order chi connectivity index (χ0) is 20.8. The van der Waals surface area contributed by atoms with Gasteiger partial charge in [0.05, 0.1) is 32.0 Å². The second-order valence-corrected chi connectivity index (χ2v) is 8.48. The van der Waals surface area contributed by atoms with Crippen LogP contribution in [0.2, 0.25) is 0 Å². The molecule has 0 saturated carbocycles. The third-order valence-electron chi connectivity index (χ3n) is 5.28. The zero-order valence-corrected chi connectivity index (χ0v) is 18.4. The minimum atomic E-state index is 0.250. The molecule has 162 valence electrons. The van der Waals surface area contributed by atoms with Crippen molar-refractivity contribution in [2.75, 3.05) is 51.8 Å². The van der Waals surface area contributed by atoms with Crippen LogP contribution in [0.5, 0.6) is 11.5 Å². The summed E-state index contributed by atoms with van der Waals surface area (Å²) < 4.78 is 17.3. The van der Waals surface area contributed by atoms with Crippen LogP contribution >= 0.6 is 11.3 Å². The Hall–Kier alpha value is -2.29. The first-order valence-corrected chi connectivity index (χ1v) is 11.4. The van der Waals surface area contributed by atoms with Gasteiger partial charge in [0, 0.05) is 49.7 Å². The molecule has 3 heterocycles. The standard InChI is InChI=1S/C22H30N4O3S/c1-16-15-26(8-11-27-16)18(21-5-3-12-30-21)14-24-22(23-2)25-17-6-7-19-20(13-17)29-10-4-9-28-19/h3,5-7,12-13,16,18H,4,8-11,14-15H2,1-2H3,(H2,23,24,25). The van der Waals surface area contributed by atoms with Crippen LogP contribution < -0.4 is 20.1 Å². The summed E-state index contributed by atoms with van der Waals surface area (Å²) in [4.78, 5) is 8.25. The molecule has 1 fully saturated rings. The fourth-order valence-electron chi connectivity index (χ4n) is 3.77. The predicted octanol–water partition coefficient (Wildman–Crippen LogP) is 3.36. The number of aliphatic imine (C=N–C) groups is 1. The Morgan fingerprint density at radius 2 is 2.10 bits per heavy atom. The highest BCUT2D eigenvalue weighted by Crippen LogP contribution is 2.32. The van der Waals surface area contributed by atoms with Gasteiger partial charge in [-0.2, -0.15) is 0 Å². The van der Waals surface area contributed by atoms with E-state index in [4.69, 9.17) is 14.2 Å². The van der Waals surface area contributed by atoms with Crippen molar-refractivity contribution >= 4 is 23.0 Å². The lowest BCUT2D eigenvalue weighted by Crippen LogP contribution is -2.47. The monoisotopic (exact) mass is 430 g/mol. The molecule has 1 aromatic carbocycles. The molecule has 0 aliphatic carbocycles. The fraction of sp³-hybridized carbons (Fsp3) is 0.500. The van der Waals surface area contributed by atoms with Crippen LogP contribution in [-0.4, -0.2) is 63.5 Å². The SMILES string of the molecule is CN=C(NCC(c1cccs1)N1CCOC(C)C1)Nc1ccc2c(c1)OCCCO2. The summed E-state index contributed by atoms with van der Waals surface area (Å²) in [5.41, 5.74) is 0.917. The number of ether oxygens (including phenoxy) is 3. The van der Waals surface area contributed by atoms with Gasteiger partial charge in [0.1, 0.15) is 0 Å². The maximum Gasteiger partial charge on any atom is 0.195 e. The number of rotatable bonds is 5. The Morgan fingerprint density at radius 1 is 1.23 bits per heavy atom. The Labute approximate surface area is 182 Å². The lowest BCUT2D eigenvalue weighted by atomic mass is 10.1. The van der Waals surface area contributed by atoms with E-state index in [2.05, 4.69) is 45.0 Å². The van der Waals surface area contributed by atoms with E-state index in [1.165, 1.54) is 4.88 Å². The van der Waals surface area contributed by atoms with Crippen molar-refractivity contribution in [3.05, 3.63) is 40.6 Å². The van der Waals surface area contributed by atoms with Crippen LogP contribution in [0.25, 0.3) is 0 Å². The molecule has 30 heavy (non-hydrogen) atoms. The fourth-order valence-corrected chi connectivity index (χ4v) is 4.63. The average molecular weight is 431 g/mol. The van der Waals surface area contributed by atoms with Gasteiger partial charge in [-0.25, -0.2) is 0 Å². The van der Waals surface area contributed by atoms with E-state index < -0.39 is 0 Å². The smallest absolute Gasteiger partial charge is 0.195 e. The summed E-state index contributed by atoms with van der Waals surface area (Å²) in [6.45, 7) is 6.89. The molecule has 2 aliphatic rings. The number of nitrogens with zero attached hydrogens (tertiary/aromatic N) is 2. The number of hydrogen-bond acceptors (Lipinski definition) is 6. The molecule has 0 radical (unpaired) electrons. The predicted molar refractivity (Wildman–Crippen MR) is 121 cm³/mol. The summed E-state index contributed by atoms with van der Waals surface area (Å²) in [5.74, 6) is 2.29. The van der Waals surface area contributed by atoms with Crippen molar-refractivity contribution in [3.8, 4) is 11.5 Å². The third-order valence-corrected chi connectivity index (χ3v) is 6.26. The molecule has 7 nitrogen and oxygen atoms in total. The summed E-state index contributed by atoms with van der Waals surface area (Å²) in [6, 6.07) is 10.5. The number of hydrogen-bond donors (Lipinski definition) is 2. The van der Waals surface area contributed by atoms with Gasteiger partial charge in [0.25, 0.3) is 0 Å². The summed E-state index contributed by atoms with van der Waals surface area (Å²) in [7, 11) is 1.79. The van der Waals surface area contributed by atoms with Gasteiger partial charge in [-0.3, -0.25) is 9.89 Å². The van der Waals surface area contributed by atoms with E-state index in [9.17, 15) is 0 Å². The highest BCUT2D eigenvalue weighted by Gasteiger charge is 2.26. The summed E-state index contributed by atoms with van der Waals surface area (Å²) in [5, 5.41) is 9.01. The molecule has 1 aromatic heterocycles. The van der Waals surface area contributed by atoms with Crippen LogP contribution in [0.3, 0.4) is 0 Å². The third kappa shape index (κ3) is 5.24. The van der Waals surface area contributed by atoms with Gasteiger partial charge < -0.3 is 24.8 Å². The molecule has 0 amide bonds. The lowest BCUT2D eigenvalue weighted by Gasteiger charge is -2.37. The van der Waals surface area contributed by atoms with Gasteiger partial charge >= 0.3 is 0 Å². The molecule has 2 aromatic rings. The van der Waals surface area contributed by atoms with Crippen molar-refractivity contribution in [1.29, 1.82) is 0 Å². The maximum absolute atomic E-state index is 5.80. The molecular weight excluding hydrogens is 400 g/mol. The molecule has 2 aliphatic heterocycles. The van der Waals surface area contributed by atoms with E-state index >= 15 is 0 Å². The normalized spacial score (nSPS) is 21.0. The highest BCUT2D eigenvalue weighted by molar-refractivity contribution is 7.10. The van der Waals surface area contributed by atoms with Gasteiger partial charge in [-0.15, -0.1) is 11.3 Å². The molecule has 2 unspecified atom stereocenters. The van der Waals surface area contributed by atoms with E-state index in [1.807, 2.05) is 18.2 Å². The van der Waals surface area contributed by atoms with E-state index in [-0.39, 0.29) is 12.1 Å². The van der Waals surface area contributed by atoms with Crippen molar-refractivity contribution in [2.24, 2.45) is 4.99 Å². The first-order valence-electron chi connectivity index (χ1n) is 10.5. The van der Waals surface area contributed by atoms with E-state index in [0.717, 1.165) is 55.8 Å². The zero-order valence-electron chi connectivity index (χ0n) is 17.6. The van der Waals surface area contributed by atoms with Gasteiger partial charge in [0.15, 0.2) is 17.5 Å². The Morgan fingerprint density at radius 3 is 2.87 bits per heavy atom. The molecule has 4 rings (SSSR count). The van der Waals surface area contributed by atoms with Crippen LogP contribution in [-0.2, 0) is 4.74 Å². The number of fused-ring (bicyclic) bond motifs is 1. The second-order valence-electron chi connectivity index (χ2n) is 7.50. The first kappa shape index (κ1) is 21.0. The Bertz CT molecular complexity index is 843. The van der Waals surface area contributed by atoms with Crippen LogP contribution in [0.15, 0.2) is 40.7 Å². The number of thiophene rings is 1. The van der Waals surface area contributed by atoms with Crippen molar-refractivity contribution in [1.82, 2.24) is 10.2 Å². The average Bonchev–Trinajstić information content (AvgIpc) is 3.18. The Balaban J connectivity index is 1.42. The van der Waals surface area contributed by atoms with Gasteiger partial charge in [0.2, 0.25) is 0 Å².